The topological polar surface area (TPSA) is 52.6 Å². The summed E-state index contributed by atoms with van der Waals surface area (Å²) in [5.41, 5.74) is -1.03. The van der Waals surface area contributed by atoms with Gasteiger partial charge in [-0.1, -0.05) is 5.92 Å². The zero-order chi connectivity index (χ0) is 9.90. The van der Waals surface area contributed by atoms with Crippen LogP contribution in [0.25, 0.3) is 0 Å². The predicted molar refractivity (Wildman–Crippen MR) is 48.9 cm³/mol. The quantitative estimate of drug-likeness (QED) is 0.528. The lowest BCUT2D eigenvalue weighted by Crippen LogP contribution is -2.37. The van der Waals surface area contributed by atoms with E-state index in [0.717, 1.165) is 0 Å². The van der Waals surface area contributed by atoms with Gasteiger partial charge in [0, 0.05) is 26.6 Å². The molecule has 1 atom stereocenters. The second-order valence-corrected chi connectivity index (χ2v) is 3.31. The number of carbonyl (C=O) groups is 1. The fraction of sp³-hybridized carbons (Fsp3) is 0.667. The van der Waals surface area contributed by atoms with E-state index in [2.05, 4.69) is 11.2 Å². The van der Waals surface area contributed by atoms with E-state index in [1.807, 2.05) is 4.90 Å². The van der Waals surface area contributed by atoms with Crippen LogP contribution in [0.3, 0.4) is 0 Å². The molecule has 0 saturated carbocycles. The van der Waals surface area contributed by atoms with Crippen LogP contribution in [0.15, 0.2) is 0 Å². The third-order valence-electron chi connectivity index (χ3n) is 2.24. The Morgan fingerprint density at radius 1 is 1.85 bits per heavy atom. The summed E-state index contributed by atoms with van der Waals surface area (Å²) in [7, 11) is 1.59. The van der Waals surface area contributed by atoms with Crippen LogP contribution >= 0.6 is 0 Å². The number of hydrogen-bond acceptors (Lipinski definition) is 3. The van der Waals surface area contributed by atoms with Crippen LogP contribution in [0.2, 0.25) is 0 Å². The first-order chi connectivity index (χ1) is 6.09. The minimum Gasteiger partial charge on any atom is -0.376 e. The molecule has 1 heterocycles. The zero-order valence-corrected chi connectivity index (χ0v) is 7.71. The number of nitrogens with one attached hydrogen (secondary N) is 1. The van der Waals surface area contributed by atoms with Gasteiger partial charge < -0.3 is 10.4 Å². The second-order valence-electron chi connectivity index (χ2n) is 3.31. The summed E-state index contributed by atoms with van der Waals surface area (Å²) in [6.45, 7) is 1.37. The minimum atomic E-state index is -1.03. The molecular weight excluding hydrogens is 168 g/mol. The Bertz CT molecular complexity index is 246. The maximum absolute atomic E-state index is 11.0. The van der Waals surface area contributed by atoms with Crippen LogP contribution in [0, 0.1) is 12.3 Å². The lowest BCUT2D eigenvalue weighted by molar-refractivity contribution is -0.121. The summed E-state index contributed by atoms with van der Waals surface area (Å²) in [6.07, 6.45) is 5.71. The third-order valence-corrected chi connectivity index (χ3v) is 2.24. The van der Waals surface area contributed by atoms with Gasteiger partial charge in [-0.15, -0.1) is 6.42 Å². The monoisotopic (exact) mass is 182 g/mol. The van der Waals surface area contributed by atoms with Crippen LogP contribution in [0.4, 0.5) is 0 Å². The third kappa shape index (κ3) is 2.44. The molecule has 1 aliphatic rings. The van der Waals surface area contributed by atoms with Gasteiger partial charge in [-0.05, 0) is 0 Å². The van der Waals surface area contributed by atoms with Crippen LogP contribution in [0.5, 0.6) is 0 Å². The fourth-order valence-corrected chi connectivity index (χ4v) is 1.41. The van der Waals surface area contributed by atoms with Crippen LogP contribution in [-0.2, 0) is 4.79 Å². The highest BCUT2D eigenvalue weighted by molar-refractivity contribution is 5.77. The first-order valence-electron chi connectivity index (χ1n) is 4.23. The molecule has 4 nitrogen and oxygen atoms in total. The van der Waals surface area contributed by atoms with Gasteiger partial charge in [0.2, 0.25) is 5.91 Å². The van der Waals surface area contributed by atoms with E-state index in [4.69, 9.17) is 6.42 Å². The van der Waals surface area contributed by atoms with Gasteiger partial charge in [0.25, 0.3) is 0 Å². The highest BCUT2D eigenvalue weighted by atomic mass is 16.3. The Morgan fingerprint density at radius 2 is 2.54 bits per heavy atom. The van der Waals surface area contributed by atoms with Crippen LogP contribution in [-0.4, -0.2) is 48.2 Å². The number of β-amino-alcohol motifs (C(OH)–C–C–N with tert-alkyl or cyclic N) is 1. The summed E-state index contributed by atoms with van der Waals surface area (Å²) in [5, 5.41) is 12.2. The van der Waals surface area contributed by atoms with E-state index in [1.54, 1.807) is 7.05 Å². The molecule has 0 radical (unpaired) electrons. The molecule has 0 bridgehead atoms. The number of rotatable bonds is 2. The average Bonchev–Trinajstić information content (AvgIpc) is 2.48. The molecule has 4 heteroatoms. The lowest BCUT2D eigenvalue weighted by atomic mass is 10.1. The van der Waals surface area contributed by atoms with E-state index >= 15 is 0 Å². The van der Waals surface area contributed by atoms with E-state index in [9.17, 15) is 9.90 Å². The number of carbonyl (C=O) groups excluding carboxylic acids is 1. The highest BCUT2D eigenvalue weighted by Crippen LogP contribution is 2.19. The van der Waals surface area contributed by atoms with Gasteiger partial charge in [-0.3, -0.25) is 9.69 Å². The molecule has 0 aromatic heterocycles. The zero-order valence-electron chi connectivity index (χ0n) is 7.71. The maximum Gasteiger partial charge on any atom is 0.233 e. The average molecular weight is 182 g/mol. The van der Waals surface area contributed by atoms with Crippen molar-refractivity contribution in [2.24, 2.45) is 0 Å². The molecule has 0 aromatic carbocycles. The van der Waals surface area contributed by atoms with Crippen molar-refractivity contribution in [3.05, 3.63) is 0 Å². The van der Waals surface area contributed by atoms with Gasteiger partial charge in [0.1, 0.15) is 5.60 Å². The number of terminal acetylenes is 1. The van der Waals surface area contributed by atoms with Gasteiger partial charge in [-0.25, -0.2) is 0 Å². The lowest BCUT2D eigenvalue weighted by Gasteiger charge is -2.16. The molecule has 2 N–H and O–H groups in total. The van der Waals surface area contributed by atoms with Gasteiger partial charge >= 0.3 is 0 Å². The molecule has 72 valence electrons. The normalized spacial score (nSPS) is 28.4. The molecule has 1 unspecified atom stereocenters. The first-order valence-corrected chi connectivity index (χ1v) is 4.23. The van der Waals surface area contributed by atoms with Gasteiger partial charge in [0.05, 0.1) is 6.54 Å². The SMILES string of the molecule is C#CC1(O)CCN(CC(=O)NC)C1. The predicted octanol–water partition coefficient (Wildman–Crippen LogP) is -1.20. The Kier molecular flexibility index (Phi) is 2.91. The fourth-order valence-electron chi connectivity index (χ4n) is 1.41. The molecule has 1 amide bonds. The van der Waals surface area contributed by atoms with Crippen molar-refractivity contribution in [1.82, 2.24) is 10.2 Å². The molecule has 1 rings (SSSR count). The van der Waals surface area contributed by atoms with Crippen LogP contribution in [0.1, 0.15) is 6.42 Å². The number of amides is 1. The molecule has 13 heavy (non-hydrogen) atoms. The summed E-state index contributed by atoms with van der Waals surface area (Å²) in [4.78, 5) is 12.8. The standard InChI is InChI=1S/C9H14N2O2/c1-3-9(13)4-5-11(7-9)6-8(12)10-2/h1,13H,4-7H2,2H3,(H,10,12). The number of aliphatic hydroxyl groups is 1. The largest absolute Gasteiger partial charge is 0.376 e. The number of likely N-dealkylation sites (tertiary alicyclic amines) is 1. The van der Waals surface area contributed by atoms with E-state index in [0.29, 0.717) is 26.1 Å². The molecular formula is C9H14N2O2. The first kappa shape index (κ1) is 10.0. The van der Waals surface area contributed by atoms with Crippen molar-refractivity contribution < 1.29 is 9.90 Å². The summed E-state index contributed by atoms with van der Waals surface area (Å²) >= 11 is 0. The Hall–Kier alpha value is -1.05. The van der Waals surface area contributed by atoms with Gasteiger partial charge in [-0.2, -0.15) is 0 Å². The summed E-state index contributed by atoms with van der Waals surface area (Å²) < 4.78 is 0. The Labute approximate surface area is 77.9 Å². The van der Waals surface area contributed by atoms with Crippen molar-refractivity contribution in [1.29, 1.82) is 0 Å². The van der Waals surface area contributed by atoms with Crippen molar-refractivity contribution >= 4 is 5.91 Å². The molecule has 1 fully saturated rings. The Morgan fingerprint density at radius 3 is 3.00 bits per heavy atom. The van der Waals surface area contributed by atoms with Crippen molar-refractivity contribution in [3.63, 3.8) is 0 Å². The number of nitrogens with zero attached hydrogens (tertiary/aromatic N) is 1. The summed E-state index contributed by atoms with van der Waals surface area (Å²) in [5.74, 6) is 2.29. The van der Waals surface area contributed by atoms with Gasteiger partial charge in [0.15, 0.2) is 0 Å². The highest BCUT2D eigenvalue weighted by Gasteiger charge is 2.34. The second kappa shape index (κ2) is 3.77. The van der Waals surface area contributed by atoms with Crippen molar-refractivity contribution in [2.75, 3.05) is 26.7 Å². The molecule has 1 saturated heterocycles. The number of hydrogen-bond donors (Lipinski definition) is 2. The van der Waals surface area contributed by atoms with Crippen molar-refractivity contribution in [3.8, 4) is 12.3 Å². The van der Waals surface area contributed by atoms with Crippen molar-refractivity contribution in [2.45, 2.75) is 12.0 Å². The molecule has 0 aromatic rings. The maximum atomic E-state index is 11.0. The van der Waals surface area contributed by atoms with E-state index < -0.39 is 5.60 Å². The minimum absolute atomic E-state index is 0.0544. The summed E-state index contributed by atoms with van der Waals surface area (Å²) in [6, 6.07) is 0. The molecule has 0 spiro atoms. The van der Waals surface area contributed by atoms with E-state index in [1.165, 1.54) is 0 Å². The number of likely N-dealkylation sites (N-methyl/N-ethyl adjacent to an activating group) is 1. The Balaban J connectivity index is 2.43. The molecule has 0 aliphatic carbocycles. The molecule has 1 aliphatic heterocycles. The van der Waals surface area contributed by atoms with E-state index in [-0.39, 0.29) is 5.91 Å². The van der Waals surface area contributed by atoms with Crippen LogP contribution < -0.4 is 5.32 Å². The smallest absolute Gasteiger partial charge is 0.233 e.